The van der Waals surface area contributed by atoms with Gasteiger partial charge in [0.1, 0.15) is 11.6 Å². The number of hydrogen-bond donors (Lipinski definition) is 1. The van der Waals surface area contributed by atoms with Crippen LogP contribution in [0.4, 0.5) is 5.82 Å². The van der Waals surface area contributed by atoms with Gasteiger partial charge in [0.15, 0.2) is 0 Å². The molecule has 2 atom stereocenters. The number of rotatable bonds is 6. The zero-order chi connectivity index (χ0) is 18.5. The number of ether oxygens (including phenoxy) is 1. The lowest BCUT2D eigenvalue weighted by molar-refractivity contribution is -0.127. The number of aromatic nitrogens is 1. The van der Waals surface area contributed by atoms with Crippen molar-refractivity contribution in [3.05, 3.63) is 42.1 Å². The summed E-state index contributed by atoms with van der Waals surface area (Å²) in [4.78, 5) is 32.0. The highest BCUT2D eigenvalue weighted by Gasteiger charge is 2.42. The molecule has 2 aliphatic heterocycles. The topological polar surface area (TPSA) is 88.8 Å². The van der Waals surface area contributed by atoms with Gasteiger partial charge in [0.2, 0.25) is 0 Å². The molecular weight excluding hydrogens is 332 g/mol. The van der Waals surface area contributed by atoms with E-state index in [9.17, 15) is 9.59 Å². The Morgan fingerprint density at radius 2 is 2.12 bits per heavy atom. The van der Waals surface area contributed by atoms with E-state index in [1.165, 1.54) is 0 Å². The molecule has 0 spiro atoms. The smallest absolute Gasteiger partial charge is 0.298 e. The third-order valence-corrected chi connectivity index (χ3v) is 4.93. The quantitative estimate of drug-likeness (QED) is 0.469. The van der Waals surface area contributed by atoms with Gasteiger partial charge in [-0.3, -0.25) is 9.59 Å². The van der Waals surface area contributed by atoms with Gasteiger partial charge >= 0.3 is 0 Å². The van der Waals surface area contributed by atoms with E-state index in [1.54, 1.807) is 30.5 Å². The van der Waals surface area contributed by atoms with Gasteiger partial charge in [0, 0.05) is 49.6 Å². The Morgan fingerprint density at radius 1 is 1.38 bits per heavy atom. The number of nitrogens with two attached hydrogens (primary N) is 1. The summed E-state index contributed by atoms with van der Waals surface area (Å²) in [5.74, 6) is 1.31. The number of carbonyl (C=O) groups is 2. The summed E-state index contributed by atoms with van der Waals surface area (Å²) in [6, 6.07) is 3.86. The predicted molar refractivity (Wildman–Crippen MR) is 98.7 cm³/mol. The van der Waals surface area contributed by atoms with Gasteiger partial charge in [-0.2, -0.15) is 0 Å². The van der Waals surface area contributed by atoms with Crippen LogP contribution in [0.25, 0.3) is 0 Å². The average molecular weight is 356 g/mol. The van der Waals surface area contributed by atoms with Gasteiger partial charge in [-0.05, 0) is 25.8 Å². The van der Waals surface area contributed by atoms with Crippen molar-refractivity contribution in [2.75, 3.05) is 24.5 Å². The monoisotopic (exact) mass is 356 g/mol. The first kappa shape index (κ1) is 18.1. The van der Waals surface area contributed by atoms with Crippen LogP contribution in [-0.4, -0.2) is 54.0 Å². The van der Waals surface area contributed by atoms with E-state index in [4.69, 9.17) is 10.5 Å². The average Bonchev–Trinajstić information content (AvgIpc) is 2.92. The largest absolute Gasteiger partial charge is 0.429 e. The van der Waals surface area contributed by atoms with E-state index < -0.39 is 0 Å². The van der Waals surface area contributed by atoms with Crippen LogP contribution in [0, 0.1) is 0 Å². The molecular formula is C19H24N4O3. The van der Waals surface area contributed by atoms with Crippen LogP contribution in [0.2, 0.25) is 0 Å². The molecule has 1 aromatic heterocycles. The zero-order valence-electron chi connectivity index (χ0n) is 14.9. The van der Waals surface area contributed by atoms with Gasteiger partial charge < -0.3 is 20.3 Å². The zero-order valence-corrected chi connectivity index (χ0v) is 14.9. The maximum absolute atomic E-state index is 12.8. The SMILES string of the molecule is C/C=C(\C=C/CN)C(=O)N1CC2CCC(C1)N2c1cc(OC=O)ccn1. The lowest BCUT2D eigenvalue weighted by Crippen LogP contribution is -2.56. The van der Waals surface area contributed by atoms with E-state index in [0.29, 0.717) is 37.4 Å². The van der Waals surface area contributed by atoms with E-state index in [0.717, 1.165) is 18.7 Å². The molecule has 1 aromatic rings. The fourth-order valence-corrected chi connectivity index (χ4v) is 3.78. The van der Waals surface area contributed by atoms with Crippen LogP contribution in [0.1, 0.15) is 19.8 Å². The fourth-order valence-electron chi connectivity index (χ4n) is 3.78. The number of amides is 1. The highest BCUT2D eigenvalue weighted by Crippen LogP contribution is 2.35. The highest BCUT2D eigenvalue weighted by atomic mass is 16.5. The maximum Gasteiger partial charge on any atom is 0.298 e. The summed E-state index contributed by atoms with van der Waals surface area (Å²) in [6.07, 6.45) is 9.07. The number of likely N-dealkylation sites (tertiary alicyclic amines) is 1. The molecule has 7 heteroatoms. The van der Waals surface area contributed by atoms with Crippen molar-refractivity contribution in [2.45, 2.75) is 31.8 Å². The van der Waals surface area contributed by atoms with Gasteiger partial charge in [0.25, 0.3) is 12.4 Å². The summed E-state index contributed by atoms with van der Waals surface area (Å²) in [6.45, 7) is 4.00. The number of fused-ring (bicyclic) bond motifs is 2. The first-order valence-corrected chi connectivity index (χ1v) is 8.84. The Kier molecular flexibility index (Phi) is 5.68. The van der Waals surface area contributed by atoms with Crippen molar-refractivity contribution in [1.82, 2.24) is 9.88 Å². The van der Waals surface area contributed by atoms with Crippen molar-refractivity contribution in [2.24, 2.45) is 5.73 Å². The molecule has 0 aromatic carbocycles. The molecule has 7 nitrogen and oxygen atoms in total. The van der Waals surface area contributed by atoms with Crippen LogP contribution in [-0.2, 0) is 9.59 Å². The molecule has 0 radical (unpaired) electrons. The van der Waals surface area contributed by atoms with Crippen molar-refractivity contribution in [1.29, 1.82) is 0 Å². The van der Waals surface area contributed by atoms with Gasteiger partial charge in [0.05, 0.1) is 0 Å². The molecule has 2 unspecified atom stereocenters. The van der Waals surface area contributed by atoms with Crippen LogP contribution in [0.5, 0.6) is 5.75 Å². The number of allylic oxidation sites excluding steroid dienone is 1. The van der Waals surface area contributed by atoms with Crippen LogP contribution >= 0.6 is 0 Å². The molecule has 1 amide bonds. The Morgan fingerprint density at radius 3 is 2.73 bits per heavy atom. The van der Waals surface area contributed by atoms with Crippen LogP contribution in [0.15, 0.2) is 42.1 Å². The van der Waals surface area contributed by atoms with Crippen LogP contribution in [0.3, 0.4) is 0 Å². The van der Waals surface area contributed by atoms with E-state index in [1.807, 2.05) is 17.9 Å². The van der Waals surface area contributed by atoms with Crippen molar-refractivity contribution in [3.63, 3.8) is 0 Å². The lowest BCUT2D eigenvalue weighted by Gasteiger charge is -2.42. The first-order chi connectivity index (χ1) is 12.7. The highest BCUT2D eigenvalue weighted by molar-refractivity contribution is 5.96. The molecule has 2 bridgehead atoms. The fraction of sp³-hybridized carbons (Fsp3) is 0.421. The number of nitrogens with zero attached hydrogens (tertiary/aromatic N) is 3. The van der Waals surface area contributed by atoms with Crippen molar-refractivity contribution >= 4 is 18.2 Å². The number of anilines is 1. The van der Waals surface area contributed by atoms with Crippen molar-refractivity contribution in [3.8, 4) is 5.75 Å². The van der Waals surface area contributed by atoms with Gasteiger partial charge in [-0.1, -0.05) is 18.2 Å². The van der Waals surface area contributed by atoms with E-state index >= 15 is 0 Å². The van der Waals surface area contributed by atoms with E-state index in [2.05, 4.69) is 9.88 Å². The molecule has 138 valence electrons. The molecule has 26 heavy (non-hydrogen) atoms. The summed E-state index contributed by atoms with van der Waals surface area (Å²) >= 11 is 0. The first-order valence-electron chi connectivity index (χ1n) is 8.84. The number of pyridine rings is 1. The third-order valence-electron chi connectivity index (χ3n) is 4.93. The summed E-state index contributed by atoms with van der Waals surface area (Å²) in [5.41, 5.74) is 6.17. The maximum atomic E-state index is 12.8. The Balaban J connectivity index is 1.75. The molecule has 2 saturated heterocycles. The molecule has 0 aliphatic carbocycles. The summed E-state index contributed by atoms with van der Waals surface area (Å²) in [5, 5.41) is 0. The minimum absolute atomic E-state index is 0.0414. The molecule has 3 rings (SSSR count). The summed E-state index contributed by atoms with van der Waals surface area (Å²) in [7, 11) is 0. The predicted octanol–water partition coefficient (Wildman–Crippen LogP) is 1.26. The second-order valence-electron chi connectivity index (χ2n) is 6.45. The molecule has 3 heterocycles. The number of hydrogen-bond acceptors (Lipinski definition) is 6. The van der Waals surface area contributed by atoms with Gasteiger partial charge in [-0.15, -0.1) is 0 Å². The normalized spacial score (nSPS) is 22.8. The lowest BCUT2D eigenvalue weighted by atomic mass is 10.1. The molecule has 2 aliphatic rings. The Bertz CT molecular complexity index is 717. The van der Waals surface area contributed by atoms with Crippen LogP contribution < -0.4 is 15.4 Å². The molecule has 2 fully saturated rings. The minimum atomic E-state index is 0.0414. The third kappa shape index (κ3) is 3.62. The second kappa shape index (κ2) is 8.14. The Hall–Kier alpha value is -2.67. The summed E-state index contributed by atoms with van der Waals surface area (Å²) < 4.78 is 4.93. The molecule has 0 saturated carbocycles. The Labute approximate surface area is 153 Å². The minimum Gasteiger partial charge on any atom is -0.429 e. The van der Waals surface area contributed by atoms with Crippen molar-refractivity contribution < 1.29 is 14.3 Å². The second-order valence-corrected chi connectivity index (χ2v) is 6.45. The molecule has 2 N–H and O–H groups in total. The number of carbonyl (C=O) groups excluding carboxylic acids is 2. The van der Waals surface area contributed by atoms with E-state index in [-0.39, 0.29) is 18.0 Å². The standard InChI is InChI=1S/C19H24N4O3/c1-2-14(4-3-8-20)19(25)22-11-15-5-6-16(12-22)23(15)18-10-17(26-13-24)7-9-21-18/h2-4,7,9-10,13,15-16H,5-6,8,11-12,20H2,1H3/b4-3-,14-2+. The number of piperazine rings is 1. The van der Waals surface area contributed by atoms with Gasteiger partial charge in [-0.25, -0.2) is 4.98 Å².